The molecule has 0 atom stereocenters. The summed E-state index contributed by atoms with van der Waals surface area (Å²) in [5.41, 5.74) is 4.06. The van der Waals surface area contributed by atoms with E-state index in [9.17, 15) is 19.2 Å². The Balaban J connectivity index is 1.52. The third kappa shape index (κ3) is 5.85. The lowest BCUT2D eigenvalue weighted by Crippen LogP contribution is -2.48. The van der Waals surface area contributed by atoms with Crippen LogP contribution in [0, 0.1) is 31.0 Å². The topological polar surface area (TPSA) is 72.6 Å². The number of aryl methyl sites for hydroxylation is 1. The van der Waals surface area contributed by atoms with E-state index in [1.54, 1.807) is 34.6 Å². The number of halogens is 1. The van der Waals surface area contributed by atoms with Crippen molar-refractivity contribution in [3.05, 3.63) is 97.4 Å². The maximum absolute atomic E-state index is 13.6. The number of pyridine rings is 1. The van der Waals surface area contributed by atoms with E-state index >= 15 is 0 Å². The van der Waals surface area contributed by atoms with Gasteiger partial charge in [0.25, 0.3) is 11.5 Å². The van der Waals surface area contributed by atoms with Crippen molar-refractivity contribution < 1.29 is 9.18 Å². The highest BCUT2D eigenvalue weighted by Gasteiger charge is 2.34. The van der Waals surface area contributed by atoms with Crippen LogP contribution in [0.4, 0.5) is 15.9 Å². The van der Waals surface area contributed by atoms with E-state index in [-0.39, 0.29) is 22.8 Å². The van der Waals surface area contributed by atoms with Crippen LogP contribution < -0.4 is 15.4 Å². The first-order chi connectivity index (χ1) is 20.2. The Bertz CT molecular complexity index is 1650. The second-order valence-electron chi connectivity index (χ2n) is 10.5. The number of carbonyl (C=O) groups excluding carboxylic acids is 1. The molecule has 0 N–H and O–H groups in total. The van der Waals surface area contributed by atoms with Gasteiger partial charge in [-0.2, -0.15) is 5.26 Å². The molecule has 3 heterocycles. The van der Waals surface area contributed by atoms with E-state index < -0.39 is 0 Å². The molecule has 1 amide bonds. The minimum Gasteiger partial charge on any atom is -0.368 e. The minimum absolute atomic E-state index is 0.0820. The highest BCUT2D eigenvalue weighted by atomic mass is 32.2. The molecule has 5 rings (SSSR count). The van der Waals surface area contributed by atoms with Crippen molar-refractivity contribution >= 4 is 51.8 Å². The van der Waals surface area contributed by atoms with Crippen molar-refractivity contribution in [2.75, 3.05) is 36.0 Å². The van der Waals surface area contributed by atoms with Crippen molar-refractivity contribution in [1.82, 2.24) is 9.47 Å². The van der Waals surface area contributed by atoms with Gasteiger partial charge in [0.2, 0.25) is 0 Å². The number of carbonyl (C=O) groups is 1. The van der Waals surface area contributed by atoms with Gasteiger partial charge in [-0.1, -0.05) is 60.7 Å². The first kappa shape index (κ1) is 29.5. The zero-order chi connectivity index (χ0) is 30.0. The first-order valence-electron chi connectivity index (χ1n) is 14.0. The molecule has 2 saturated heterocycles. The second-order valence-corrected chi connectivity index (χ2v) is 12.2. The molecule has 0 spiro atoms. The molecule has 216 valence electrons. The quantitative estimate of drug-likeness (QED) is 0.257. The molecule has 10 heteroatoms. The Kier molecular flexibility index (Phi) is 8.80. The number of thiocarbonyl (C=S) groups is 1. The summed E-state index contributed by atoms with van der Waals surface area (Å²) in [6.45, 7) is 9.16. The smallest absolute Gasteiger partial charge is 0.270 e. The van der Waals surface area contributed by atoms with Gasteiger partial charge in [0.1, 0.15) is 27.6 Å². The van der Waals surface area contributed by atoms with Crippen LogP contribution in [-0.2, 0) is 17.9 Å². The number of aromatic nitrogens is 1. The fourth-order valence-corrected chi connectivity index (χ4v) is 6.62. The maximum atomic E-state index is 13.6. The predicted molar refractivity (Wildman–Crippen MR) is 171 cm³/mol. The molecule has 1 aromatic heterocycles. The van der Waals surface area contributed by atoms with Crippen LogP contribution in [0.2, 0.25) is 0 Å². The van der Waals surface area contributed by atoms with Crippen LogP contribution >= 0.6 is 24.0 Å². The molecule has 2 aliphatic heterocycles. The number of thioether (sulfide) groups is 1. The van der Waals surface area contributed by atoms with E-state index in [2.05, 4.69) is 15.9 Å². The summed E-state index contributed by atoms with van der Waals surface area (Å²) < 4.78 is 15.6. The van der Waals surface area contributed by atoms with Gasteiger partial charge in [0, 0.05) is 44.0 Å². The summed E-state index contributed by atoms with van der Waals surface area (Å²) in [5.74, 6) is 0.243. The van der Waals surface area contributed by atoms with Crippen molar-refractivity contribution in [3.8, 4) is 6.07 Å². The average Bonchev–Trinajstić information content (AvgIpc) is 3.25. The molecule has 42 heavy (non-hydrogen) atoms. The fraction of sp³-hybridized carbons (Fsp3) is 0.312. The van der Waals surface area contributed by atoms with E-state index in [1.807, 2.05) is 38.1 Å². The highest BCUT2D eigenvalue weighted by Crippen LogP contribution is 2.37. The molecule has 3 aromatic rings. The molecular formula is C32H32FN5O2S2. The third-order valence-corrected chi connectivity index (χ3v) is 9.05. The molecule has 0 aliphatic carbocycles. The van der Waals surface area contributed by atoms with Gasteiger partial charge in [-0.3, -0.25) is 19.1 Å². The summed E-state index contributed by atoms with van der Waals surface area (Å²) in [6.07, 6.45) is 2.51. The van der Waals surface area contributed by atoms with Gasteiger partial charge in [-0.05, 0) is 61.7 Å². The number of hydrogen-bond acceptors (Lipinski definition) is 7. The van der Waals surface area contributed by atoms with E-state index in [4.69, 9.17) is 12.2 Å². The van der Waals surface area contributed by atoms with Crippen LogP contribution in [0.15, 0.2) is 58.2 Å². The Morgan fingerprint density at radius 3 is 2.26 bits per heavy atom. The molecule has 2 aromatic carbocycles. The molecule has 0 radical (unpaired) electrons. The number of nitrogens with zero attached hydrogens (tertiary/aromatic N) is 5. The van der Waals surface area contributed by atoms with Crippen molar-refractivity contribution in [1.29, 1.82) is 5.26 Å². The Morgan fingerprint density at radius 1 is 1.00 bits per heavy atom. The summed E-state index contributed by atoms with van der Waals surface area (Å²) >= 11 is 6.85. The molecule has 0 bridgehead atoms. The Labute approximate surface area is 254 Å². The Morgan fingerprint density at radius 2 is 1.64 bits per heavy atom. The normalized spacial score (nSPS) is 16.5. The monoisotopic (exact) mass is 601 g/mol. The van der Waals surface area contributed by atoms with Gasteiger partial charge < -0.3 is 9.80 Å². The summed E-state index contributed by atoms with van der Waals surface area (Å²) in [4.78, 5) is 33.5. The van der Waals surface area contributed by atoms with Crippen LogP contribution in [0.1, 0.15) is 41.2 Å². The van der Waals surface area contributed by atoms with E-state index in [1.165, 1.54) is 23.9 Å². The van der Waals surface area contributed by atoms with Crippen LogP contribution in [0.25, 0.3) is 6.08 Å². The van der Waals surface area contributed by atoms with Crippen LogP contribution in [-0.4, -0.2) is 45.9 Å². The lowest BCUT2D eigenvalue weighted by molar-refractivity contribution is -0.122. The highest BCUT2D eigenvalue weighted by molar-refractivity contribution is 8.26. The number of hydrogen-bond donors (Lipinski definition) is 0. The molecule has 2 fully saturated rings. The second kappa shape index (κ2) is 12.5. The van der Waals surface area contributed by atoms with Gasteiger partial charge in [0.05, 0.1) is 11.4 Å². The zero-order valence-corrected chi connectivity index (χ0v) is 25.5. The Hall–Kier alpha value is -3.94. The van der Waals surface area contributed by atoms with Crippen molar-refractivity contribution in [2.24, 2.45) is 0 Å². The number of nitriles is 1. The number of benzene rings is 2. The zero-order valence-electron chi connectivity index (χ0n) is 23.9. The van der Waals surface area contributed by atoms with Crippen molar-refractivity contribution in [3.63, 3.8) is 0 Å². The molecule has 7 nitrogen and oxygen atoms in total. The maximum Gasteiger partial charge on any atom is 0.270 e. The lowest BCUT2D eigenvalue weighted by Gasteiger charge is -2.39. The summed E-state index contributed by atoms with van der Waals surface area (Å²) in [7, 11) is 0. The van der Waals surface area contributed by atoms with Gasteiger partial charge in [-0.15, -0.1) is 0 Å². The SMILES string of the molecule is CCCn1c(N2CCN(c3ccc(F)cc3)CC2)c(C=C2SC(=S)N(Cc3ccc(C)cc3)C2=O)c(C)c(C#N)c1=O. The average molecular weight is 602 g/mol. The lowest BCUT2D eigenvalue weighted by atomic mass is 10.0. The van der Waals surface area contributed by atoms with Crippen molar-refractivity contribution in [2.45, 2.75) is 40.3 Å². The number of amides is 1. The van der Waals surface area contributed by atoms with Crippen LogP contribution in [0.3, 0.4) is 0 Å². The van der Waals surface area contributed by atoms with Gasteiger partial charge >= 0.3 is 0 Å². The van der Waals surface area contributed by atoms with E-state index in [0.717, 1.165) is 16.8 Å². The number of rotatable bonds is 7. The predicted octanol–water partition coefficient (Wildman–Crippen LogP) is 5.61. The summed E-state index contributed by atoms with van der Waals surface area (Å²) in [5, 5.41) is 9.95. The largest absolute Gasteiger partial charge is 0.368 e. The van der Waals surface area contributed by atoms with Gasteiger partial charge in [-0.25, -0.2) is 4.39 Å². The fourth-order valence-electron chi connectivity index (χ4n) is 5.39. The molecule has 2 aliphatic rings. The molecule has 0 saturated carbocycles. The molecule has 0 unspecified atom stereocenters. The van der Waals surface area contributed by atoms with Gasteiger partial charge in [0.15, 0.2) is 0 Å². The van der Waals surface area contributed by atoms with E-state index in [0.29, 0.717) is 71.9 Å². The standard InChI is InChI=1S/C32H32FN5O2S2/c1-4-13-37-29(36-16-14-35(15-17-36)25-11-9-24(33)10-12-25)26(22(3)27(19-34)30(37)39)18-28-31(40)38(32(41)42-28)20-23-7-5-21(2)6-8-23/h5-12,18H,4,13-17,20H2,1-3H3. The number of piperazine rings is 1. The number of anilines is 2. The van der Waals surface area contributed by atoms with Crippen LogP contribution in [0.5, 0.6) is 0 Å². The molecular weight excluding hydrogens is 570 g/mol. The first-order valence-corrected chi connectivity index (χ1v) is 15.2. The summed E-state index contributed by atoms with van der Waals surface area (Å²) in [6, 6.07) is 16.6. The third-order valence-electron chi connectivity index (χ3n) is 7.67. The minimum atomic E-state index is -0.322.